The summed E-state index contributed by atoms with van der Waals surface area (Å²) in [4.78, 5) is 27.8. The average molecular weight is 346 g/mol. The van der Waals surface area contributed by atoms with E-state index in [2.05, 4.69) is 22.6 Å². The van der Waals surface area contributed by atoms with E-state index < -0.39 is 0 Å². The van der Waals surface area contributed by atoms with Crippen LogP contribution in [0.1, 0.15) is 56.5 Å². The second kappa shape index (κ2) is 8.13. The van der Waals surface area contributed by atoms with E-state index in [1.165, 1.54) is 37.8 Å². The topological polar surface area (TPSA) is 58.4 Å². The molecule has 0 unspecified atom stereocenters. The minimum absolute atomic E-state index is 0.120. The fourth-order valence-corrected chi connectivity index (χ4v) is 4.06. The smallest absolute Gasteiger partial charge is 0.219 e. The maximum absolute atomic E-state index is 12.4. The number of hydrogen-bond acceptors (Lipinski definition) is 4. The number of rotatable bonds is 5. The van der Waals surface area contributed by atoms with Crippen LogP contribution in [0.4, 0.5) is 0 Å². The van der Waals surface area contributed by atoms with Crippen LogP contribution in [-0.4, -0.2) is 64.0 Å². The van der Waals surface area contributed by atoms with Gasteiger partial charge in [0.25, 0.3) is 0 Å². The van der Waals surface area contributed by atoms with Gasteiger partial charge in [-0.1, -0.05) is 19.3 Å². The number of nitrogens with zero attached hydrogens (tertiary/aromatic N) is 4. The minimum Gasteiger partial charge on any atom is -0.340 e. The molecule has 2 heterocycles. The van der Waals surface area contributed by atoms with Gasteiger partial charge in [0, 0.05) is 38.8 Å². The Bertz CT molecular complexity index is 611. The van der Waals surface area contributed by atoms with Gasteiger partial charge in [-0.3, -0.25) is 19.2 Å². The Balaban J connectivity index is 1.51. The highest BCUT2D eigenvalue weighted by Gasteiger charge is 2.22. The summed E-state index contributed by atoms with van der Waals surface area (Å²) in [7, 11) is 0. The Morgan fingerprint density at radius 2 is 1.80 bits per heavy atom. The molecule has 1 saturated heterocycles. The van der Waals surface area contributed by atoms with Crippen LogP contribution in [-0.2, 0) is 16.0 Å². The van der Waals surface area contributed by atoms with Crippen molar-refractivity contribution in [1.82, 2.24) is 19.6 Å². The van der Waals surface area contributed by atoms with Crippen LogP contribution in [0.2, 0.25) is 0 Å². The fourth-order valence-electron chi connectivity index (χ4n) is 4.06. The van der Waals surface area contributed by atoms with Crippen molar-refractivity contribution in [2.24, 2.45) is 0 Å². The first-order valence-corrected chi connectivity index (χ1v) is 9.57. The molecular weight excluding hydrogens is 316 g/mol. The quantitative estimate of drug-likeness (QED) is 0.818. The lowest BCUT2D eigenvalue weighted by Gasteiger charge is -2.33. The molecule has 6 nitrogen and oxygen atoms in total. The number of carbonyl (C=O) groups excluding carboxylic acids is 2. The SMILES string of the molecule is CC(=O)N1CCN(CC(=O)Cc2cc(C)n(C3CCCCC3)n2)CC1. The zero-order chi connectivity index (χ0) is 17.8. The molecular formula is C19H30N4O2. The second-order valence-corrected chi connectivity index (χ2v) is 7.51. The van der Waals surface area contributed by atoms with Gasteiger partial charge in [0.05, 0.1) is 24.7 Å². The Kier molecular flexibility index (Phi) is 5.89. The molecule has 0 spiro atoms. The Morgan fingerprint density at radius 3 is 2.44 bits per heavy atom. The Labute approximate surface area is 150 Å². The van der Waals surface area contributed by atoms with E-state index in [1.54, 1.807) is 6.92 Å². The molecule has 0 atom stereocenters. The van der Waals surface area contributed by atoms with Crippen LogP contribution < -0.4 is 0 Å². The van der Waals surface area contributed by atoms with Crippen molar-refractivity contribution in [3.8, 4) is 0 Å². The first kappa shape index (κ1) is 18.1. The van der Waals surface area contributed by atoms with Gasteiger partial charge in [-0.05, 0) is 25.8 Å². The lowest BCUT2D eigenvalue weighted by molar-refractivity contribution is -0.130. The molecule has 1 aliphatic heterocycles. The van der Waals surface area contributed by atoms with Gasteiger partial charge in [-0.2, -0.15) is 5.10 Å². The monoisotopic (exact) mass is 346 g/mol. The summed E-state index contributed by atoms with van der Waals surface area (Å²) in [6, 6.07) is 2.58. The van der Waals surface area contributed by atoms with Crippen molar-refractivity contribution in [3.63, 3.8) is 0 Å². The number of piperazine rings is 1. The third-order valence-electron chi connectivity index (χ3n) is 5.49. The molecule has 1 saturated carbocycles. The summed E-state index contributed by atoms with van der Waals surface area (Å²) in [5, 5.41) is 4.73. The van der Waals surface area contributed by atoms with Crippen molar-refractivity contribution in [2.45, 2.75) is 58.4 Å². The Morgan fingerprint density at radius 1 is 1.12 bits per heavy atom. The maximum Gasteiger partial charge on any atom is 0.219 e. The van der Waals surface area contributed by atoms with Crippen LogP contribution in [0.3, 0.4) is 0 Å². The number of carbonyl (C=O) groups is 2. The molecule has 1 aliphatic carbocycles. The zero-order valence-electron chi connectivity index (χ0n) is 15.5. The van der Waals surface area contributed by atoms with E-state index in [0.717, 1.165) is 31.9 Å². The summed E-state index contributed by atoms with van der Waals surface area (Å²) >= 11 is 0. The lowest BCUT2D eigenvalue weighted by Crippen LogP contribution is -2.49. The van der Waals surface area contributed by atoms with Gasteiger partial charge < -0.3 is 4.90 Å². The third kappa shape index (κ3) is 4.69. The molecule has 2 fully saturated rings. The van der Waals surface area contributed by atoms with Crippen LogP contribution in [0, 0.1) is 6.92 Å². The number of aromatic nitrogens is 2. The van der Waals surface area contributed by atoms with Gasteiger partial charge in [-0.15, -0.1) is 0 Å². The van der Waals surface area contributed by atoms with Gasteiger partial charge in [0.2, 0.25) is 5.91 Å². The lowest BCUT2D eigenvalue weighted by atomic mass is 9.95. The van der Waals surface area contributed by atoms with Crippen molar-refractivity contribution in [2.75, 3.05) is 32.7 Å². The van der Waals surface area contributed by atoms with Gasteiger partial charge in [-0.25, -0.2) is 0 Å². The molecule has 1 aromatic rings. The number of aryl methyl sites for hydroxylation is 1. The largest absolute Gasteiger partial charge is 0.340 e. The van der Waals surface area contributed by atoms with Crippen molar-refractivity contribution < 1.29 is 9.59 Å². The molecule has 6 heteroatoms. The van der Waals surface area contributed by atoms with Crippen LogP contribution in [0.15, 0.2) is 6.07 Å². The predicted molar refractivity (Wildman–Crippen MR) is 96.5 cm³/mol. The number of Topliss-reactive ketones (excluding diaryl/α,β-unsaturated/α-hetero) is 1. The van der Waals surface area contributed by atoms with Crippen LogP contribution in [0.5, 0.6) is 0 Å². The summed E-state index contributed by atoms with van der Waals surface area (Å²) < 4.78 is 2.15. The Hall–Kier alpha value is -1.69. The molecule has 25 heavy (non-hydrogen) atoms. The first-order valence-electron chi connectivity index (χ1n) is 9.57. The molecule has 0 aromatic carbocycles. The van der Waals surface area contributed by atoms with E-state index in [4.69, 9.17) is 5.10 Å². The molecule has 0 N–H and O–H groups in total. The molecule has 3 rings (SSSR count). The third-order valence-corrected chi connectivity index (χ3v) is 5.49. The predicted octanol–water partition coefficient (Wildman–Crippen LogP) is 1.97. The van der Waals surface area contributed by atoms with Crippen molar-refractivity contribution in [3.05, 3.63) is 17.5 Å². The summed E-state index contributed by atoms with van der Waals surface area (Å²) in [5.41, 5.74) is 2.07. The maximum atomic E-state index is 12.4. The number of ketones is 1. The highest BCUT2D eigenvalue weighted by atomic mass is 16.2. The standard InChI is InChI=1S/C19H30N4O2/c1-15-12-17(20-23(15)18-6-4-3-5-7-18)13-19(25)14-21-8-10-22(11-9-21)16(2)24/h12,18H,3-11,13-14H2,1-2H3. The number of amides is 1. The van der Waals surface area contributed by atoms with Crippen molar-refractivity contribution in [1.29, 1.82) is 0 Å². The van der Waals surface area contributed by atoms with Gasteiger partial charge in [0.15, 0.2) is 5.78 Å². The van der Waals surface area contributed by atoms with Crippen LogP contribution in [0.25, 0.3) is 0 Å². The zero-order valence-corrected chi connectivity index (χ0v) is 15.5. The second-order valence-electron chi connectivity index (χ2n) is 7.51. The summed E-state index contributed by atoms with van der Waals surface area (Å²) in [6.07, 6.45) is 6.72. The van der Waals surface area contributed by atoms with Crippen LogP contribution >= 0.6 is 0 Å². The molecule has 0 bridgehead atoms. The van der Waals surface area contributed by atoms with Crippen molar-refractivity contribution >= 4 is 11.7 Å². The highest BCUT2D eigenvalue weighted by molar-refractivity contribution is 5.82. The van der Waals surface area contributed by atoms with E-state index in [0.29, 0.717) is 19.0 Å². The molecule has 0 radical (unpaired) electrons. The number of hydrogen-bond donors (Lipinski definition) is 0. The van der Waals surface area contributed by atoms with Gasteiger partial charge >= 0.3 is 0 Å². The summed E-state index contributed by atoms with van der Waals surface area (Å²) in [6.45, 7) is 7.15. The van der Waals surface area contributed by atoms with E-state index in [1.807, 2.05) is 4.90 Å². The van der Waals surface area contributed by atoms with E-state index in [9.17, 15) is 9.59 Å². The normalized spacial score (nSPS) is 20.0. The van der Waals surface area contributed by atoms with Gasteiger partial charge in [0.1, 0.15) is 0 Å². The molecule has 1 aromatic heterocycles. The molecule has 138 valence electrons. The van der Waals surface area contributed by atoms with E-state index in [-0.39, 0.29) is 11.7 Å². The highest BCUT2D eigenvalue weighted by Crippen LogP contribution is 2.28. The fraction of sp³-hybridized carbons (Fsp3) is 0.737. The first-order chi connectivity index (χ1) is 12.0. The van der Waals surface area contributed by atoms with E-state index >= 15 is 0 Å². The molecule has 1 amide bonds. The minimum atomic E-state index is 0.120. The molecule has 2 aliphatic rings. The summed E-state index contributed by atoms with van der Waals surface area (Å²) in [5.74, 6) is 0.333. The average Bonchev–Trinajstić information content (AvgIpc) is 2.96.